The number of hydrogen-bond acceptors (Lipinski definition) is 9. The van der Waals surface area contributed by atoms with Crippen LogP contribution < -0.4 is 26.0 Å². The Morgan fingerprint density at radius 1 is 1.07 bits per heavy atom. The largest absolute Gasteiger partial charge is 0.484 e. The number of fused-ring (bicyclic) bond motifs is 2. The molecule has 3 amide bonds. The molecule has 5 atom stereocenters. The molecular formula is C28H36N4O7S. The van der Waals surface area contributed by atoms with Gasteiger partial charge in [-0.15, -0.1) is 0 Å². The summed E-state index contributed by atoms with van der Waals surface area (Å²) in [6.45, 7) is 5.12. The lowest BCUT2D eigenvalue weighted by Crippen LogP contribution is -2.58. The smallest absolute Gasteiger partial charge is 0.258 e. The number of amides is 3. The van der Waals surface area contributed by atoms with Gasteiger partial charge in [-0.3, -0.25) is 14.4 Å². The van der Waals surface area contributed by atoms with E-state index in [-0.39, 0.29) is 12.5 Å². The molecule has 0 aliphatic carbocycles. The summed E-state index contributed by atoms with van der Waals surface area (Å²) in [6, 6.07) is 10.6. The summed E-state index contributed by atoms with van der Waals surface area (Å²) in [5.74, 6) is -1.26. The van der Waals surface area contributed by atoms with Gasteiger partial charge in [0.15, 0.2) is 12.9 Å². The summed E-state index contributed by atoms with van der Waals surface area (Å²) in [5.41, 5.74) is 1.84. The highest BCUT2D eigenvalue weighted by atomic mass is 32.2. The number of hydrogen-bond donors (Lipinski definition) is 6. The van der Waals surface area contributed by atoms with Gasteiger partial charge in [0.05, 0.1) is 30.1 Å². The summed E-state index contributed by atoms with van der Waals surface area (Å²) in [7, 11) is 0. The van der Waals surface area contributed by atoms with Gasteiger partial charge >= 0.3 is 0 Å². The number of rotatable bonds is 11. The fraction of sp³-hybridized carbons (Fsp3) is 0.464. The van der Waals surface area contributed by atoms with Crippen molar-refractivity contribution in [2.75, 3.05) is 18.5 Å². The molecule has 0 aromatic heterocycles. The summed E-state index contributed by atoms with van der Waals surface area (Å²) in [5, 5.41) is 31.3. The fourth-order valence-corrected chi connectivity index (χ4v) is 5.41. The van der Waals surface area contributed by atoms with Crippen LogP contribution in [0.4, 0.5) is 11.4 Å². The highest BCUT2D eigenvalue weighted by Gasteiger charge is 2.33. The maximum absolute atomic E-state index is 13.1. The molecule has 2 aliphatic heterocycles. The summed E-state index contributed by atoms with van der Waals surface area (Å²) in [6.07, 6.45) is -1.57. The number of carbonyl (C=O) groups is 3. The minimum absolute atomic E-state index is 0.0618. The highest BCUT2D eigenvalue weighted by molar-refractivity contribution is 7.99. The molecule has 6 N–H and O–H groups in total. The van der Waals surface area contributed by atoms with Gasteiger partial charge in [0.25, 0.3) is 5.91 Å². The number of carbonyl (C=O) groups excluding carboxylic acids is 3. The minimum Gasteiger partial charge on any atom is -0.484 e. The zero-order valence-electron chi connectivity index (χ0n) is 22.7. The molecule has 0 bridgehead atoms. The molecule has 2 aliphatic rings. The van der Waals surface area contributed by atoms with Crippen molar-refractivity contribution < 1.29 is 34.1 Å². The van der Waals surface area contributed by atoms with Crippen LogP contribution in [0.3, 0.4) is 0 Å². The van der Waals surface area contributed by atoms with E-state index >= 15 is 0 Å². The van der Waals surface area contributed by atoms with Crippen LogP contribution in [0.15, 0.2) is 52.3 Å². The lowest BCUT2D eigenvalue weighted by Gasteiger charge is -2.26. The molecule has 2 heterocycles. The van der Waals surface area contributed by atoms with Crippen molar-refractivity contribution in [1.82, 2.24) is 16.0 Å². The number of nitrogens with one attached hydrogen (secondary N) is 4. The molecule has 40 heavy (non-hydrogen) atoms. The van der Waals surface area contributed by atoms with E-state index in [2.05, 4.69) is 21.3 Å². The average molecular weight is 573 g/mol. The van der Waals surface area contributed by atoms with Crippen LogP contribution in [0.2, 0.25) is 0 Å². The quantitative estimate of drug-likeness (QED) is 0.202. The maximum atomic E-state index is 13.1. The molecule has 4 rings (SSSR count). The van der Waals surface area contributed by atoms with Crippen molar-refractivity contribution in [3.8, 4) is 5.75 Å². The van der Waals surface area contributed by atoms with Crippen LogP contribution in [0.25, 0.3) is 0 Å². The van der Waals surface area contributed by atoms with E-state index < -0.39 is 48.2 Å². The van der Waals surface area contributed by atoms with E-state index in [0.717, 1.165) is 21.2 Å². The molecule has 1 unspecified atom stereocenters. The zero-order valence-corrected chi connectivity index (χ0v) is 23.5. The molecule has 0 spiro atoms. The van der Waals surface area contributed by atoms with Crippen molar-refractivity contribution in [2.45, 2.75) is 73.9 Å². The maximum Gasteiger partial charge on any atom is 0.258 e. The second-order valence-corrected chi connectivity index (χ2v) is 11.4. The highest BCUT2D eigenvalue weighted by Crippen LogP contribution is 2.44. The van der Waals surface area contributed by atoms with E-state index in [1.807, 2.05) is 44.2 Å². The van der Waals surface area contributed by atoms with Crippen molar-refractivity contribution in [3.63, 3.8) is 0 Å². The number of anilines is 2. The lowest BCUT2D eigenvalue weighted by molar-refractivity contribution is -0.136. The second-order valence-electron chi connectivity index (χ2n) is 10.3. The Kier molecular flexibility index (Phi) is 9.90. The third kappa shape index (κ3) is 7.66. The first-order valence-electron chi connectivity index (χ1n) is 13.3. The number of aliphatic hydroxyl groups excluding tert-OH is 2. The van der Waals surface area contributed by atoms with E-state index in [1.165, 1.54) is 6.92 Å². The predicted molar refractivity (Wildman–Crippen MR) is 149 cm³/mol. The average Bonchev–Trinajstić information content (AvgIpc) is 3.32. The molecule has 2 aromatic rings. The van der Waals surface area contributed by atoms with E-state index in [0.29, 0.717) is 25.2 Å². The van der Waals surface area contributed by atoms with Crippen LogP contribution >= 0.6 is 11.8 Å². The molecule has 1 fully saturated rings. The third-order valence-corrected chi connectivity index (χ3v) is 7.66. The molecule has 216 valence electrons. The van der Waals surface area contributed by atoms with Crippen molar-refractivity contribution >= 4 is 40.9 Å². The molecule has 12 heteroatoms. The van der Waals surface area contributed by atoms with Gasteiger partial charge in [-0.25, -0.2) is 0 Å². The summed E-state index contributed by atoms with van der Waals surface area (Å²) < 4.78 is 10.7. The standard InChI is InChI=1S/C28H36N4O7S/c1-15(2)12-21(26(35)30-19-10-11-38-28(19)37)31-27(36)25(16(3)33)32-24(34)14-39-17-8-9-23-20(13-17)29-18-6-4-5-7-22(18)40-23/h4-9,13,15-16,19,21,25,28-29,33,37H,10-12,14H2,1-3H3,(H,30,35)(H,31,36)(H,32,34)/t16-,19+,21+,25+,28?/m1/s1. The van der Waals surface area contributed by atoms with Crippen LogP contribution in [0.5, 0.6) is 5.75 Å². The Labute approximate surface area is 237 Å². The number of ether oxygens (including phenoxy) is 2. The summed E-state index contributed by atoms with van der Waals surface area (Å²) in [4.78, 5) is 40.8. The Bertz CT molecular complexity index is 1220. The zero-order chi connectivity index (χ0) is 28.8. The van der Waals surface area contributed by atoms with Gasteiger partial charge in [0, 0.05) is 15.9 Å². The van der Waals surface area contributed by atoms with Crippen LogP contribution in [0.1, 0.15) is 33.6 Å². The third-order valence-electron chi connectivity index (χ3n) is 6.51. The van der Waals surface area contributed by atoms with Crippen molar-refractivity contribution in [3.05, 3.63) is 42.5 Å². The molecule has 0 radical (unpaired) electrons. The van der Waals surface area contributed by atoms with Crippen LogP contribution in [0, 0.1) is 5.92 Å². The van der Waals surface area contributed by atoms with Crippen LogP contribution in [-0.4, -0.2) is 71.7 Å². The molecule has 1 saturated heterocycles. The number of benzene rings is 2. The first-order valence-corrected chi connectivity index (χ1v) is 14.1. The summed E-state index contributed by atoms with van der Waals surface area (Å²) >= 11 is 1.63. The first-order chi connectivity index (χ1) is 19.1. The Hall–Kier alpha value is -3.32. The van der Waals surface area contributed by atoms with Gasteiger partial charge < -0.3 is 41.0 Å². The normalized spacial score (nSPS) is 19.9. The van der Waals surface area contributed by atoms with Crippen LogP contribution in [-0.2, 0) is 19.1 Å². The predicted octanol–water partition coefficient (Wildman–Crippen LogP) is 1.89. The monoisotopic (exact) mass is 572 g/mol. The van der Waals surface area contributed by atoms with Gasteiger partial charge in [-0.2, -0.15) is 0 Å². The second kappa shape index (κ2) is 13.4. The topological polar surface area (TPSA) is 158 Å². The molecular weight excluding hydrogens is 536 g/mol. The van der Waals surface area contributed by atoms with Gasteiger partial charge in [-0.1, -0.05) is 37.7 Å². The first kappa shape index (κ1) is 29.7. The van der Waals surface area contributed by atoms with Gasteiger partial charge in [0.1, 0.15) is 17.8 Å². The fourth-order valence-electron chi connectivity index (χ4n) is 4.44. The lowest BCUT2D eigenvalue weighted by atomic mass is 10.0. The Morgan fingerprint density at radius 3 is 2.52 bits per heavy atom. The van der Waals surface area contributed by atoms with Crippen molar-refractivity contribution in [1.29, 1.82) is 0 Å². The van der Waals surface area contributed by atoms with Gasteiger partial charge in [-0.05, 0) is 49.9 Å². The SMILES string of the molecule is CC(C)C[C@H](NC(=O)[C@@H](NC(=O)COc1ccc2c(c1)Nc1ccccc1S2)[C@@H](C)O)C(=O)N[C@H]1CCOC1O. The minimum atomic E-state index is -1.31. The van der Waals surface area contributed by atoms with E-state index in [4.69, 9.17) is 9.47 Å². The van der Waals surface area contributed by atoms with Crippen molar-refractivity contribution in [2.24, 2.45) is 5.92 Å². The molecule has 2 aromatic carbocycles. The number of aliphatic hydroxyl groups is 2. The van der Waals surface area contributed by atoms with E-state index in [9.17, 15) is 24.6 Å². The Balaban J connectivity index is 1.33. The molecule has 11 nitrogen and oxygen atoms in total. The molecule has 0 saturated carbocycles. The Morgan fingerprint density at radius 2 is 1.82 bits per heavy atom. The van der Waals surface area contributed by atoms with Gasteiger partial charge in [0.2, 0.25) is 11.8 Å². The number of para-hydroxylation sites is 1. The van der Waals surface area contributed by atoms with E-state index in [1.54, 1.807) is 23.9 Å².